The molecular weight excluding hydrogens is 302 g/mol. The summed E-state index contributed by atoms with van der Waals surface area (Å²) in [4.78, 5) is 9.12. The van der Waals surface area contributed by atoms with Crippen LogP contribution in [0.15, 0.2) is 36.7 Å². The lowest BCUT2D eigenvalue weighted by atomic mass is 10.00. The molecule has 0 fully saturated rings. The minimum atomic E-state index is 0.663. The van der Waals surface area contributed by atoms with E-state index >= 15 is 0 Å². The molecule has 0 spiro atoms. The Morgan fingerprint density at radius 2 is 1.62 bits per heavy atom. The molecule has 0 saturated heterocycles. The highest BCUT2D eigenvalue weighted by molar-refractivity contribution is 6.19. The molecule has 0 unspecified atom stereocenters. The molecule has 0 aliphatic carbocycles. The normalized spacial score (nSPS) is 11.3. The number of nitrogens with zero attached hydrogens (tertiary/aromatic N) is 2. The molecule has 2 aromatic heterocycles. The Kier molecular flexibility index (Phi) is 3.16. The Balaban J connectivity index is 2.23. The van der Waals surface area contributed by atoms with Gasteiger partial charge in [-0.1, -0.05) is 6.07 Å². The first kappa shape index (κ1) is 14.5. The number of fused-ring (bicyclic) bond motifs is 5. The first-order valence-corrected chi connectivity index (χ1v) is 7.62. The van der Waals surface area contributed by atoms with Gasteiger partial charge in [0.2, 0.25) is 0 Å². The van der Waals surface area contributed by atoms with Gasteiger partial charge in [0.1, 0.15) is 0 Å². The van der Waals surface area contributed by atoms with E-state index in [1.807, 2.05) is 43.6 Å². The van der Waals surface area contributed by atoms with E-state index in [0.29, 0.717) is 11.5 Å². The third kappa shape index (κ3) is 1.94. The number of methoxy groups -OCH3 is 2. The fourth-order valence-corrected chi connectivity index (χ4v) is 3.15. The molecule has 2 heterocycles. The second kappa shape index (κ2) is 5.23. The highest BCUT2D eigenvalue weighted by Gasteiger charge is 2.13. The number of anilines is 1. The number of nitrogen functional groups attached to an aromatic ring is 1. The van der Waals surface area contributed by atoms with Gasteiger partial charge in [0, 0.05) is 45.7 Å². The predicted octanol–water partition coefficient (Wildman–Crippen LogP) is 3.84. The maximum Gasteiger partial charge on any atom is 0.162 e. The Hall–Kier alpha value is -3.08. The average Bonchev–Trinajstić information content (AvgIpc) is 2.62. The number of pyridine rings is 2. The number of benzene rings is 2. The number of aromatic nitrogens is 2. The van der Waals surface area contributed by atoms with E-state index in [9.17, 15) is 0 Å². The molecule has 0 radical (unpaired) electrons. The Morgan fingerprint density at radius 1 is 0.917 bits per heavy atom. The molecular formula is C19H17N3O2. The number of nitrogens with two attached hydrogens (primary N) is 1. The fourth-order valence-electron chi connectivity index (χ4n) is 3.15. The molecule has 0 saturated carbocycles. The topological polar surface area (TPSA) is 70.3 Å². The molecule has 5 heteroatoms. The molecule has 24 heavy (non-hydrogen) atoms. The van der Waals surface area contributed by atoms with Crippen molar-refractivity contribution in [3.63, 3.8) is 0 Å². The molecule has 120 valence electrons. The van der Waals surface area contributed by atoms with Gasteiger partial charge in [0.25, 0.3) is 0 Å². The van der Waals surface area contributed by atoms with Crippen LogP contribution in [0.1, 0.15) is 5.56 Å². The Morgan fingerprint density at radius 3 is 2.38 bits per heavy atom. The van der Waals surface area contributed by atoms with Gasteiger partial charge in [-0.15, -0.1) is 0 Å². The third-order valence-corrected chi connectivity index (χ3v) is 4.48. The van der Waals surface area contributed by atoms with Gasteiger partial charge >= 0.3 is 0 Å². The van der Waals surface area contributed by atoms with Crippen LogP contribution in [0.4, 0.5) is 5.69 Å². The van der Waals surface area contributed by atoms with Gasteiger partial charge in [-0.05, 0) is 24.6 Å². The molecule has 2 aromatic carbocycles. The quantitative estimate of drug-likeness (QED) is 0.449. The Labute approximate surface area is 139 Å². The van der Waals surface area contributed by atoms with Gasteiger partial charge < -0.3 is 15.2 Å². The van der Waals surface area contributed by atoms with Crippen LogP contribution >= 0.6 is 0 Å². The zero-order valence-electron chi connectivity index (χ0n) is 13.8. The number of hydrogen-bond acceptors (Lipinski definition) is 5. The van der Waals surface area contributed by atoms with Crippen molar-refractivity contribution in [1.29, 1.82) is 0 Å². The summed E-state index contributed by atoms with van der Waals surface area (Å²) in [6, 6.07) is 7.80. The second-order valence-electron chi connectivity index (χ2n) is 5.75. The summed E-state index contributed by atoms with van der Waals surface area (Å²) in [7, 11) is 3.25. The highest BCUT2D eigenvalue weighted by Crippen LogP contribution is 2.37. The van der Waals surface area contributed by atoms with Gasteiger partial charge in [-0.2, -0.15) is 0 Å². The minimum Gasteiger partial charge on any atom is -0.493 e. The maximum atomic E-state index is 6.04. The maximum absolute atomic E-state index is 6.04. The summed E-state index contributed by atoms with van der Waals surface area (Å²) < 4.78 is 10.8. The lowest BCUT2D eigenvalue weighted by Gasteiger charge is -2.12. The number of ether oxygens (including phenoxy) is 2. The Bertz CT molecular complexity index is 1110. The molecule has 4 rings (SSSR count). The zero-order chi connectivity index (χ0) is 16.8. The molecule has 5 nitrogen and oxygen atoms in total. The van der Waals surface area contributed by atoms with Crippen molar-refractivity contribution in [3.8, 4) is 11.5 Å². The van der Waals surface area contributed by atoms with Crippen molar-refractivity contribution in [1.82, 2.24) is 9.97 Å². The monoisotopic (exact) mass is 319 g/mol. The summed E-state index contributed by atoms with van der Waals surface area (Å²) in [5, 5.41) is 4.13. The van der Waals surface area contributed by atoms with Gasteiger partial charge in [0.15, 0.2) is 11.5 Å². The number of hydrogen-bond donors (Lipinski definition) is 1. The van der Waals surface area contributed by atoms with E-state index in [-0.39, 0.29) is 0 Å². The van der Waals surface area contributed by atoms with E-state index in [4.69, 9.17) is 15.2 Å². The smallest absolute Gasteiger partial charge is 0.162 e. The van der Waals surface area contributed by atoms with E-state index in [1.165, 1.54) is 0 Å². The first-order valence-electron chi connectivity index (χ1n) is 7.62. The molecule has 0 amide bonds. The molecule has 0 aliphatic heterocycles. The molecule has 0 atom stereocenters. The third-order valence-electron chi connectivity index (χ3n) is 4.48. The summed E-state index contributed by atoms with van der Waals surface area (Å²) in [5.41, 5.74) is 9.52. The second-order valence-corrected chi connectivity index (χ2v) is 5.75. The van der Waals surface area contributed by atoms with Gasteiger partial charge in [0.05, 0.1) is 25.3 Å². The van der Waals surface area contributed by atoms with Gasteiger partial charge in [-0.25, -0.2) is 0 Å². The largest absolute Gasteiger partial charge is 0.493 e. The van der Waals surface area contributed by atoms with Crippen molar-refractivity contribution >= 4 is 38.3 Å². The van der Waals surface area contributed by atoms with E-state index in [0.717, 1.165) is 43.8 Å². The SMILES string of the molecule is COc1cc2ncc3cnc4c(C)c(N)ccc4c3c2cc1OC. The van der Waals surface area contributed by atoms with Crippen LogP contribution in [-0.4, -0.2) is 24.2 Å². The lowest BCUT2D eigenvalue weighted by Crippen LogP contribution is -1.95. The van der Waals surface area contributed by atoms with Gasteiger partial charge in [-0.3, -0.25) is 9.97 Å². The number of aryl methyl sites for hydroxylation is 1. The number of rotatable bonds is 2. The van der Waals surface area contributed by atoms with Crippen molar-refractivity contribution < 1.29 is 9.47 Å². The van der Waals surface area contributed by atoms with E-state index in [1.54, 1.807) is 14.2 Å². The van der Waals surface area contributed by atoms with Crippen LogP contribution in [0, 0.1) is 6.92 Å². The van der Waals surface area contributed by atoms with E-state index < -0.39 is 0 Å². The minimum absolute atomic E-state index is 0.663. The molecule has 2 N–H and O–H groups in total. The van der Waals surface area contributed by atoms with Crippen molar-refractivity contribution in [2.75, 3.05) is 20.0 Å². The average molecular weight is 319 g/mol. The summed E-state index contributed by atoms with van der Waals surface area (Å²) in [6.07, 6.45) is 3.68. The highest BCUT2D eigenvalue weighted by atomic mass is 16.5. The summed E-state index contributed by atoms with van der Waals surface area (Å²) in [5.74, 6) is 1.34. The molecule has 0 bridgehead atoms. The zero-order valence-corrected chi connectivity index (χ0v) is 13.8. The lowest BCUT2D eigenvalue weighted by molar-refractivity contribution is 0.356. The van der Waals surface area contributed by atoms with Crippen LogP contribution in [-0.2, 0) is 0 Å². The van der Waals surface area contributed by atoms with Crippen LogP contribution in [0.25, 0.3) is 32.6 Å². The standard InChI is InChI=1S/C19H17N3O2/c1-10-14(20)5-4-12-18-11(9-22-19(10)12)8-21-15-7-17(24-3)16(23-2)6-13(15)18/h4-9H,20H2,1-3H3. The van der Waals surface area contributed by atoms with Crippen molar-refractivity contribution in [3.05, 3.63) is 42.2 Å². The fraction of sp³-hybridized carbons (Fsp3) is 0.158. The molecule has 4 aromatic rings. The van der Waals surface area contributed by atoms with Crippen molar-refractivity contribution in [2.45, 2.75) is 6.92 Å². The summed E-state index contributed by atoms with van der Waals surface area (Å²) >= 11 is 0. The van der Waals surface area contributed by atoms with Crippen LogP contribution in [0.5, 0.6) is 11.5 Å². The van der Waals surface area contributed by atoms with Crippen LogP contribution in [0.2, 0.25) is 0 Å². The van der Waals surface area contributed by atoms with E-state index in [2.05, 4.69) is 9.97 Å². The molecule has 0 aliphatic rings. The van der Waals surface area contributed by atoms with Crippen LogP contribution < -0.4 is 15.2 Å². The predicted molar refractivity (Wildman–Crippen MR) is 96.8 cm³/mol. The van der Waals surface area contributed by atoms with Crippen molar-refractivity contribution in [2.24, 2.45) is 0 Å². The van der Waals surface area contributed by atoms with Crippen LogP contribution in [0.3, 0.4) is 0 Å². The first-order chi connectivity index (χ1) is 11.6. The summed E-state index contributed by atoms with van der Waals surface area (Å²) in [6.45, 7) is 1.99.